The van der Waals surface area contributed by atoms with E-state index in [1.807, 2.05) is 6.07 Å². The fourth-order valence-corrected chi connectivity index (χ4v) is 2.43. The summed E-state index contributed by atoms with van der Waals surface area (Å²) in [5.41, 5.74) is 1.31. The van der Waals surface area contributed by atoms with Gasteiger partial charge < -0.3 is 4.74 Å². The van der Waals surface area contributed by atoms with Crippen LogP contribution in [0.5, 0.6) is 0 Å². The number of carbonyl (C=O) groups excluding carboxylic acids is 1. The molecule has 1 fully saturated rings. The van der Waals surface area contributed by atoms with Crippen LogP contribution in [0.3, 0.4) is 0 Å². The van der Waals surface area contributed by atoms with Gasteiger partial charge in [0.15, 0.2) is 0 Å². The Labute approximate surface area is 102 Å². The first-order valence-electron chi connectivity index (χ1n) is 6.14. The van der Waals surface area contributed by atoms with Crippen molar-refractivity contribution in [3.8, 4) is 0 Å². The number of carbonyl (C=O) groups is 1. The normalized spacial score (nSPS) is 20.4. The second-order valence-corrected chi connectivity index (χ2v) is 4.53. The monoisotopic (exact) mass is 233 g/mol. The van der Waals surface area contributed by atoms with Crippen LogP contribution in [0.2, 0.25) is 0 Å². The number of methoxy groups -OCH3 is 1. The molecule has 2 rings (SSSR count). The summed E-state index contributed by atoms with van der Waals surface area (Å²) in [5.74, 6) is -0.102. The van der Waals surface area contributed by atoms with Gasteiger partial charge in [-0.15, -0.1) is 0 Å². The van der Waals surface area contributed by atoms with Crippen LogP contribution in [0.15, 0.2) is 30.3 Å². The molecule has 0 aliphatic carbocycles. The molecule has 1 atom stereocenters. The molecule has 1 aromatic carbocycles. The molecule has 0 amide bonds. The molecule has 1 saturated heterocycles. The average Bonchev–Trinajstić information content (AvgIpc) is 2.78. The number of hydrogen-bond acceptors (Lipinski definition) is 3. The third kappa shape index (κ3) is 3.30. The van der Waals surface area contributed by atoms with Gasteiger partial charge in [0, 0.05) is 12.6 Å². The van der Waals surface area contributed by atoms with Crippen LogP contribution in [0.4, 0.5) is 0 Å². The molecule has 3 heteroatoms. The fourth-order valence-electron chi connectivity index (χ4n) is 2.43. The van der Waals surface area contributed by atoms with Crippen LogP contribution in [0.1, 0.15) is 24.8 Å². The summed E-state index contributed by atoms with van der Waals surface area (Å²) in [4.78, 5) is 13.7. The Morgan fingerprint density at radius 1 is 1.41 bits per heavy atom. The van der Waals surface area contributed by atoms with Crippen LogP contribution < -0.4 is 0 Å². The van der Waals surface area contributed by atoms with Crippen molar-refractivity contribution >= 4 is 5.97 Å². The van der Waals surface area contributed by atoms with Gasteiger partial charge in [0.1, 0.15) is 0 Å². The van der Waals surface area contributed by atoms with Gasteiger partial charge in [-0.3, -0.25) is 9.69 Å². The minimum Gasteiger partial charge on any atom is -0.469 e. The van der Waals surface area contributed by atoms with Crippen molar-refractivity contribution in [3.05, 3.63) is 35.9 Å². The zero-order chi connectivity index (χ0) is 12.1. The molecule has 0 N–H and O–H groups in total. The Morgan fingerprint density at radius 2 is 2.18 bits per heavy atom. The molecule has 0 radical (unpaired) electrons. The Hall–Kier alpha value is -1.35. The zero-order valence-corrected chi connectivity index (χ0v) is 10.3. The zero-order valence-electron chi connectivity index (χ0n) is 10.3. The molecule has 1 aromatic rings. The topological polar surface area (TPSA) is 29.5 Å². The Morgan fingerprint density at radius 3 is 2.88 bits per heavy atom. The smallest absolute Gasteiger partial charge is 0.307 e. The van der Waals surface area contributed by atoms with E-state index in [1.165, 1.54) is 19.1 Å². The van der Waals surface area contributed by atoms with Crippen LogP contribution in [0, 0.1) is 0 Å². The van der Waals surface area contributed by atoms with Gasteiger partial charge in [0.25, 0.3) is 0 Å². The number of nitrogens with zero attached hydrogens (tertiary/aromatic N) is 1. The molecule has 92 valence electrons. The van der Waals surface area contributed by atoms with Crippen molar-refractivity contribution in [2.24, 2.45) is 0 Å². The Balaban J connectivity index is 1.93. The fraction of sp³-hybridized carbons (Fsp3) is 0.500. The number of ether oxygens (including phenoxy) is 1. The highest BCUT2D eigenvalue weighted by Crippen LogP contribution is 2.22. The molecule has 1 aliphatic rings. The van der Waals surface area contributed by atoms with Crippen LogP contribution in [0.25, 0.3) is 0 Å². The summed E-state index contributed by atoms with van der Waals surface area (Å²) >= 11 is 0. The van der Waals surface area contributed by atoms with E-state index in [2.05, 4.69) is 29.2 Å². The molecule has 3 nitrogen and oxygen atoms in total. The second-order valence-electron chi connectivity index (χ2n) is 4.53. The molecule has 1 aliphatic heterocycles. The molecule has 0 spiro atoms. The first-order valence-corrected chi connectivity index (χ1v) is 6.14. The third-order valence-electron chi connectivity index (χ3n) is 3.36. The highest BCUT2D eigenvalue weighted by Gasteiger charge is 2.26. The van der Waals surface area contributed by atoms with Gasteiger partial charge >= 0.3 is 5.97 Å². The molecule has 0 bridgehead atoms. The van der Waals surface area contributed by atoms with Gasteiger partial charge in [-0.2, -0.15) is 0 Å². The van der Waals surface area contributed by atoms with Crippen LogP contribution in [-0.2, 0) is 16.1 Å². The lowest BCUT2D eigenvalue weighted by molar-refractivity contribution is -0.141. The molecule has 17 heavy (non-hydrogen) atoms. The van der Waals surface area contributed by atoms with E-state index in [1.54, 1.807) is 0 Å². The van der Waals surface area contributed by atoms with Crippen molar-refractivity contribution in [1.82, 2.24) is 4.90 Å². The highest BCUT2D eigenvalue weighted by atomic mass is 16.5. The van der Waals surface area contributed by atoms with Gasteiger partial charge in [-0.25, -0.2) is 0 Å². The summed E-state index contributed by atoms with van der Waals surface area (Å²) < 4.78 is 4.75. The number of esters is 1. The van der Waals surface area contributed by atoms with Crippen molar-refractivity contribution in [2.45, 2.75) is 31.8 Å². The summed E-state index contributed by atoms with van der Waals surface area (Å²) in [6.07, 6.45) is 2.79. The maximum atomic E-state index is 11.3. The lowest BCUT2D eigenvalue weighted by Crippen LogP contribution is -2.31. The maximum absolute atomic E-state index is 11.3. The van der Waals surface area contributed by atoms with Gasteiger partial charge in [-0.1, -0.05) is 30.3 Å². The predicted molar refractivity (Wildman–Crippen MR) is 66.5 cm³/mol. The SMILES string of the molecule is COC(=O)CC1CCCN1Cc1ccccc1. The standard InChI is InChI=1S/C14H19NO2/c1-17-14(16)10-13-8-5-9-15(13)11-12-6-3-2-4-7-12/h2-4,6-7,13H,5,8-11H2,1H3. The van der Waals surface area contributed by atoms with E-state index in [-0.39, 0.29) is 5.97 Å². The summed E-state index contributed by atoms with van der Waals surface area (Å²) in [6.45, 7) is 2.01. The molecule has 1 unspecified atom stereocenters. The lowest BCUT2D eigenvalue weighted by Gasteiger charge is -2.23. The number of likely N-dealkylation sites (tertiary alicyclic amines) is 1. The average molecular weight is 233 g/mol. The Kier molecular flexibility index (Phi) is 4.15. The summed E-state index contributed by atoms with van der Waals surface area (Å²) in [7, 11) is 1.46. The highest BCUT2D eigenvalue weighted by molar-refractivity contribution is 5.69. The largest absolute Gasteiger partial charge is 0.469 e. The summed E-state index contributed by atoms with van der Waals surface area (Å²) in [5, 5.41) is 0. The molecule has 1 heterocycles. The van der Waals surface area contributed by atoms with E-state index in [0.717, 1.165) is 19.5 Å². The van der Waals surface area contributed by atoms with Crippen molar-refractivity contribution in [3.63, 3.8) is 0 Å². The van der Waals surface area contributed by atoms with E-state index in [9.17, 15) is 4.79 Å². The van der Waals surface area contributed by atoms with Gasteiger partial charge in [0.05, 0.1) is 13.5 Å². The van der Waals surface area contributed by atoms with Crippen molar-refractivity contribution < 1.29 is 9.53 Å². The van der Waals surface area contributed by atoms with Gasteiger partial charge in [0.2, 0.25) is 0 Å². The first kappa shape index (κ1) is 12.1. The predicted octanol–water partition coefficient (Wildman–Crippen LogP) is 2.21. The van der Waals surface area contributed by atoms with Crippen molar-refractivity contribution in [1.29, 1.82) is 0 Å². The van der Waals surface area contributed by atoms with E-state index >= 15 is 0 Å². The number of benzene rings is 1. The van der Waals surface area contributed by atoms with Crippen LogP contribution >= 0.6 is 0 Å². The van der Waals surface area contributed by atoms with Gasteiger partial charge in [-0.05, 0) is 24.9 Å². The minimum atomic E-state index is -0.102. The lowest BCUT2D eigenvalue weighted by atomic mass is 10.1. The van der Waals surface area contributed by atoms with Crippen LogP contribution in [-0.4, -0.2) is 30.6 Å². The summed E-state index contributed by atoms with van der Waals surface area (Å²) in [6, 6.07) is 10.8. The molecule has 0 saturated carbocycles. The second kappa shape index (κ2) is 5.82. The maximum Gasteiger partial charge on any atom is 0.307 e. The molecular formula is C14H19NO2. The number of rotatable bonds is 4. The Bertz CT molecular complexity index is 364. The van der Waals surface area contributed by atoms with Crippen molar-refractivity contribution in [2.75, 3.05) is 13.7 Å². The molecular weight excluding hydrogens is 214 g/mol. The number of hydrogen-bond donors (Lipinski definition) is 0. The quantitative estimate of drug-likeness (QED) is 0.747. The molecule has 0 aromatic heterocycles. The van der Waals surface area contributed by atoms with E-state index < -0.39 is 0 Å². The first-order chi connectivity index (χ1) is 8.29. The van der Waals surface area contributed by atoms with E-state index in [0.29, 0.717) is 12.5 Å². The third-order valence-corrected chi connectivity index (χ3v) is 3.36. The minimum absolute atomic E-state index is 0.102. The van der Waals surface area contributed by atoms with E-state index in [4.69, 9.17) is 4.74 Å².